The molecule has 1 aliphatic carbocycles. The van der Waals surface area contributed by atoms with Crippen molar-refractivity contribution in [2.24, 2.45) is 0 Å². The minimum absolute atomic E-state index is 0.0795. The van der Waals surface area contributed by atoms with Crippen LogP contribution < -0.4 is 10.6 Å². The molecule has 0 aliphatic heterocycles. The number of carbonyl (C=O) groups excluding carboxylic acids is 1. The lowest BCUT2D eigenvalue weighted by atomic mass is 9.84. The molecule has 0 heterocycles. The molecule has 0 radical (unpaired) electrons. The molecule has 0 aromatic rings. The van der Waals surface area contributed by atoms with E-state index in [0.29, 0.717) is 13.2 Å². The van der Waals surface area contributed by atoms with Gasteiger partial charge in [0, 0.05) is 32.3 Å². The summed E-state index contributed by atoms with van der Waals surface area (Å²) in [7, 11) is 1.72. The Labute approximate surface area is 140 Å². The fraction of sp³-hybridized carbons (Fsp3) is 0.941. The predicted octanol–water partition coefficient (Wildman–Crippen LogP) is 2.46. The summed E-state index contributed by atoms with van der Waals surface area (Å²) in [5, 5.41) is 6.44. The SMILES string of the molecule is CCCC(CNC(=O)OC(C)(C)C)NC1CC(OCC)C1OC. The average Bonchev–Trinajstić information content (AvgIpc) is 2.42. The molecule has 1 fully saturated rings. The second-order valence-electron chi connectivity index (χ2n) is 7.07. The summed E-state index contributed by atoms with van der Waals surface area (Å²) in [6, 6.07) is 0.478. The van der Waals surface area contributed by atoms with Crippen molar-refractivity contribution in [2.75, 3.05) is 20.3 Å². The first-order chi connectivity index (χ1) is 10.8. The Morgan fingerprint density at radius 3 is 2.52 bits per heavy atom. The van der Waals surface area contributed by atoms with Crippen LogP contribution in [0.1, 0.15) is 53.9 Å². The number of methoxy groups -OCH3 is 1. The maximum atomic E-state index is 11.8. The van der Waals surface area contributed by atoms with Crippen LogP contribution in [0.4, 0.5) is 4.79 Å². The Kier molecular flexibility index (Phi) is 8.29. The van der Waals surface area contributed by atoms with E-state index in [-0.39, 0.29) is 30.4 Å². The highest BCUT2D eigenvalue weighted by Gasteiger charge is 2.42. The average molecular weight is 330 g/mol. The Morgan fingerprint density at radius 2 is 2.00 bits per heavy atom. The maximum Gasteiger partial charge on any atom is 0.407 e. The van der Waals surface area contributed by atoms with Gasteiger partial charge in [-0.05, 0) is 40.5 Å². The maximum absolute atomic E-state index is 11.8. The zero-order chi connectivity index (χ0) is 17.5. The van der Waals surface area contributed by atoms with Crippen molar-refractivity contribution < 1.29 is 19.0 Å². The molecule has 1 amide bonds. The first-order valence-corrected chi connectivity index (χ1v) is 8.68. The minimum atomic E-state index is -0.475. The number of nitrogens with one attached hydrogen (secondary N) is 2. The highest BCUT2D eigenvalue weighted by atomic mass is 16.6. The molecule has 0 aromatic heterocycles. The highest BCUT2D eigenvalue weighted by molar-refractivity contribution is 5.67. The van der Waals surface area contributed by atoms with Crippen LogP contribution in [-0.4, -0.2) is 56.2 Å². The number of alkyl carbamates (subject to hydrolysis) is 1. The Balaban J connectivity index is 2.42. The van der Waals surface area contributed by atoms with E-state index in [0.717, 1.165) is 19.3 Å². The van der Waals surface area contributed by atoms with Crippen molar-refractivity contribution in [2.45, 2.75) is 83.8 Å². The Bertz CT molecular complexity index is 357. The minimum Gasteiger partial charge on any atom is -0.444 e. The molecule has 0 saturated heterocycles. The van der Waals surface area contributed by atoms with Gasteiger partial charge in [-0.25, -0.2) is 4.79 Å². The monoisotopic (exact) mass is 330 g/mol. The van der Waals surface area contributed by atoms with Crippen LogP contribution in [-0.2, 0) is 14.2 Å². The van der Waals surface area contributed by atoms with E-state index in [1.807, 2.05) is 27.7 Å². The zero-order valence-electron chi connectivity index (χ0n) is 15.5. The van der Waals surface area contributed by atoms with E-state index in [1.165, 1.54) is 0 Å². The molecule has 4 unspecified atom stereocenters. The van der Waals surface area contributed by atoms with Crippen molar-refractivity contribution in [1.82, 2.24) is 10.6 Å². The molecular weight excluding hydrogens is 296 g/mol. The predicted molar refractivity (Wildman–Crippen MR) is 90.7 cm³/mol. The molecule has 2 N–H and O–H groups in total. The van der Waals surface area contributed by atoms with Crippen LogP contribution in [0, 0.1) is 0 Å². The molecule has 0 spiro atoms. The van der Waals surface area contributed by atoms with Gasteiger partial charge < -0.3 is 24.8 Å². The first-order valence-electron chi connectivity index (χ1n) is 8.68. The summed E-state index contributed by atoms with van der Waals surface area (Å²) in [5.41, 5.74) is -0.475. The van der Waals surface area contributed by atoms with Crippen molar-refractivity contribution in [1.29, 1.82) is 0 Å². The van der Waals surface area contributed by atoms with Crippen molar-refractivity contribution >= 4 is 6.09 Å². The van der Waals surface area contributed by atoms with Gasteiger partial charge in [0.05, 0.1) is 12.2 Å². The third-order valence-corrected chi connectivity index (χ3v) is 3.88. The molecule has 0 aromatic carbocycles. The lowest BCUT2D eigenvalue weighted by Gasteiger charge is -2.45. The Morgan fingerprint density at radius 1 is 1.30 bits per heavy atom. The third kappa shape index (κ3) is 7.06. The Hall–Kier alpha value is -0.850. The highest BCUT2D eigenvalue weighted by Crippen LogP contribution is 2.27. The normalized spacial score (nSPS) is 25.6. The summed E-state index contributed by atoms with van der Waals surface area (Å²) in [6.07, 6.45) is 2.86. The molecule has 136 valence electrons. The molecular formula is C17H34N2O4. The molecule has 6 heteroatoms. The number of hydrogen-bond acceptors (Lipinski definition) is 5. The van der Waals surface area contributed by atoms with Gasteiger partial charge >= 0.3 is 6.09 Å². The number of amides is 1. The second-order valence-corrected chi connectivity index (χ2v) is 7.07. The van der Waals surface area contributed by atoms with Crippen LogP contribution in [0.25, 0.3) is 0 Å². The molecule has 6 nitrogen and oxygen atoms in total. The van der Waals surface area contributed by atoms with E-state index in [4.69, 9.17) is 14.2 Å². The van der Waals surface area contributed by atoms with Gasteiger partial charge in [0.15, 0.2) is 0 Å². The fourth-order valence-corrected chi connectivity index (χ4v) is 2.85. The van der Waals surface area contributed by atoms with Gasteiger partial charge in [0.2, 0.25) is 0 Å². The van der Waals surface area contributed by atoms with Crippen molar-refractivity contribution in [3.63, 3.8) is 0 Å². The van der Waals surface area contributed by atoms with Crippen LogP contribution in [0.15, 0.2) is 0 Å². The van der Waals surface area contributed by atoms with Crippen LogP contribution in [0.5, 0.6) is 0 Å². The summed E-state index contributed by atoms with van der Waals surface area (Å²) in [5.74, 6) is 0. The van der Waals surface area contributed by atoms with Gasteiger partial charge in [-0.2, -0.15) is 0 Å². The molecule has 1 rings (SSSR count). The van der Waals surface area contributed by atoms with E-state index >= 15 is 0 Å². The van der Waals surface area contributed by atoms with Gasteiger partial charge in [0.25, 0.3) is 0 Å². The molecule has 1 aliphatic rings. The van der Waals surface area contributed by atoms with Crippen LogP contribution >= 0.6 is 0 Å². The van der Waals surface area contributed by atoms with E-state index in [2.05, 4.69) is 17.6 Å². The van der Waals surface area contributed by atoms with E-state index in [9.17, 15) is 4.79 Å². The topological polar surface area (TPSA) is 68.8 Å². The lowest BCUT2D eigenvalue weighted by Crippen LogP contribution is -2.62. The lowest BCUT2D eigenvalue weighted by molar-refractivity contribution is -0.133. The second kappa shape index (κ2) is 9.45. The fourth-order valence-electron chi connectivity index (χ4n) is 2.85. The van der Waals surface area contributed by atoms with Gasteiger partial charge in [-0.15, -0.1) is 0 Å². The van der Waals surface area contributed by atoms with Gasteiger partial charge in [0.1, 0.15) is 5.60 Å². The number of ether oxygens (including phenoxy) is 3. The van der Waals surface area contributed by atoms with Gasteiger partial charge in [-0.3, -0.25) is 0 Å². The first kappa shape index (κ1) is 20.2. The number of hydrogen-bond donors (Lipinski definition) is 2. The largest absolute Gasteiger partial charge is 0.444 e. The number of rotatable bonds is 9. The quantitative estimate of drug-likeness (QED) is 0.680. The summed E-state index contributed by atoms with van der Waals surface area (Å²) in [4.78, 5) is 11.8. The number of carbonyl (C=O) groups is 1. The van der Waals surface area contributed by atoms with Crippen LogP contribution in [0.2, 0.25) is 0 Å². The smallest absolute Gasteiger partial charge is 0.407 e. The summed E-state index contributed by atoms with van der Waals surface area (Å²) < 4.78 is 16.5. The van der Waals surface area contributed by atoms with Crippen molar-refractivity contribution in [3.05, 3.63) is 0 Å². The molecule has 4 atom stereocenters. The zero-order valence-corrected chi connectivity index (χ0v) is 15.5. The van der Waals surface area contributed by atoms with Crippen LogP contribution in [0.3, 0.4) is 0 Å². The van der Waals surface area contributed by atoms with E-state index < -0.39 is 5.60 Å². The van der Waals surface area contributed by atoms with Gasteiger partial charge in [-0.1, -0.05) is 13.3 Å². The van der Waals surface area contributed by atoms with E-state index in [1.54, 1.807) is 7.11 Å². The third-order valence-electron chi connectivity index (χ3n) is 3.88. The molecule has 1 saturated carbocycles. The summed E-state index contributed by atoms with van der Waals surface area (Å²) >= 11 is 0. The summed E-state index contributed by atoms with van der Waals surface area (Å²) in [6.45, 7) is 11.0. The molecule has 0 bridgehead atoms. The van der Waals surface area contributed by atoms with Crippen molar-refractivity contribution in [3.8, 4) is 0 Å². The standard InChI is InChI=1S/C17H34N2O4/c1-7-9-12(11-18-16(20)23-17(3,4)5)19-13-10-14(22-8-2)15(13)21-6/h12-15,19H,7-11H2,1-6H3,(H,18,20). The molecule has 23 heavy (non-hydrogen) atoms.